The molecule has 1 heterocycles. The van der Waals surface area contributed by atoms with Crippen LogP contribution in [0.4, 0.5) is 17.1 Å². The van der Waals surface area contributed by atoms with Gasteiger partial charge in [-0.05, 0) is 36.4 Å². The molecule has 0 aliphatic carbocycles. The van der Waals surface area contributed by atoms with Crippen LogP contribution in [0.3, 0.4) is 0 Å². The van der Waals surface area contributed by atoms with Crippen LogP contribution in [0.15, 0.2) is 90.0 Å². The first-order valence-corrected chi connectivity index (χ1v) is 8.64. The third kappa shape index (κ3) is 4.21. The number of carbonyl (C=O) groups is 1. The molecule has 0 atom stereocenters. The minimum absolute atomic E-state index is 0. The van der Waals surface area contributed by atoms with Crippen molar-refractivity contribution in [3.05, 3.63) is 90.5 Å². The van der Waals surface area contributed by atoms with Gasteiger partial charge in [0.1, 0.15) is 0 Å². The van der Waals surface area contributed by atoms with Crippen LogP contribution < -0.4 is 21.0 Å². The fourth-order valence-corrected chi connectivity index (χ4v) is 2.84. The summed E-state index contributed by atoms with van der Waals surface area (Å²) in [5.41, 5.74) is 6.90. The molecule has 0 saturated heterocycles. The average molecular weight is 438 g/mol. The van der Waals surface area contributed by atoms with Gasteiger partial charge in [0.15, 0.2) is 5.84 Å². The summed E-state index contributed by atoms with van der Waals surface area (Å²) in [6.45, 7) is 1.49. The van der Waals surface area contributed by atoms with Crippen LogP contribution in [-0.2, 0) is 4.79 Å². The molecule has 3 aromatic rings. The van der Waals surface area contributed by atoms with Gasteiger partial charge in [0, 0.05) is 18.2 Å². The van der Waals surface area contributed by atoms with Gasteiger partial charge < -0.3 is 5.32 Å². The largest absolute Gasteiger partial charge is 0.326 e. The van der Waals surface area contributed by atoms with E-state index in [1.165, 1.54) is 6.92 Å². The molecular formula is C21H20BrN5O. The zero-order valence-corrected chi connectivity index (χ0v) is 17.0. The molecule has 0 radical (unpaired) electrons. The number of hydrogen-bond acceptors (Lipinski definition) is 5. The Morgan fingerprint density at radius 3 is 2.07 bits per heavy atom. The molecule has 142 valence electrons. The number of carbonyl (C=O) groups excluding carboxylic acids is 1. The monoisotopic (exact) mass is 437 g/mol. The quantitative estimate of drug-likeness (QED) is 0.637. The van der Waals surface area contributed by atoms with E-state index in [1.807, 2.05) is 89.9 Å². The van der Waals surface area contributed by atoms with Crippen molar-refractivity contribution in [3.63, 3.8) is 0 Å². The molecule has 1 aliphatic heterocycles. The van der Waals surface area contributed by atoms with Crippen LogP contribution in [0, 0.1) is 0 Å². The summed E-state index contributed by atoms with van der Waals surface area (Å²) in [6.07, 6.45) is 0. The van der Waals surface area contributed by atoms with E-state index in [0.717, 1.165) is 28.5 Å². The Morgan fingerprint density at radius 1 is 0.857 bits per heavy atom. The SMILES string of the molecule is Br.CC(=O)Nc1ccc(N2N=C(c3ccccc3)N(c3ccccc3)N2)cc1. The van der Waals surface area contributed by atoms with Crippen LogP contribution in [-0.4, -0.2) is 11.7 Å². The number of nitrogens with zero attached hydrogens (tertiary/aromatic N) is 3. The lowest BCUT2D eigenvalue weighted by atomic mass is 10.2. The van der Waals surface area contributed by atoms with E-state index < -0.39 is 0 Å². The highest BCUT2D eigenvalue weighted by atomic mass is 79.9. The maximum absolute atomic E-state index is 11.2. The zero-order chi connectivity index (χ0) is 18.6. The Morgan fingerprint density at radius 2 is 1.46 bits per heavy atom. The number of halogens is 1. The Kier molecular flexibility index (Phi) is 6.08. The predicted octanol–water partition coefficient (Wildman–Crippen LogP) is 4.33. The number of benzene rings is 3. The van der Waals surface area contributed by atoms with Gasteiger partial charge in [0.2, 0.25) is 5.91 Å². The van der Waals surface area contributed by atoms with Crippen molar-refractivity contribution in [2.75, 3.05) is 15.4 Å². The number of hydrazine groups is 2. The molecule has 0 unspecified atom stereocenters. The lowest BCUT2D eigenvalue weighted by molar-refractivity contribution is -0.114. The summed E-state index contributed by atoms with van der Waals surface area (Å²) in [4.78, 5) is 11.2. The van der Waals surface area contributed by atoms with Gasteiger partial charge in [-0.3, -0.25) is 4.79 Å². The van der Waals surface area contributed by atoms with Crippen LogP contribution in [0.5, 0.6) is 0 Å². The van der Waals surface area contributed by atoms with Crippen LogP contribution in [0.2, 0.25) is 0 Å². The second-order valence-corrected chi connectivity index (χ2v) is 6.10. The van der Waals surface area contributed by atoms with E-state index in [2.05, 4.69) is 10.9 Å². The van der Waals surface area contributed by atoms with Crippen molar-refractivity contribution in [2.24, 2.45) is 5.10 Å². The molecule has 1 aliphatic rings. The molecule has 3 aromatic carbocycles. The van der Waals surface area contributed by atoms with Crippen molar-refractivity contribution in [1.29, 1.82) is 0 Å². The highest BCUT2D eigenvalue weighted by molar-refractivity contribution is 8.93. The third-order valence-electron chi connectivity index (χ3n) is 4.08. The molecule has 6 nitrogen and oxygen atoms in total. The van der Waals surface area contributed by atoms with Crippen LogP contribution in [0.25, 0.3) is 0 Å². The minimum Gasteiger partial charge on any atom is -0.326 e. The van der Waals surface area contributed by atoms with E-state index in [1.54, 1.807) is 5.12 Å². The number of para-hydroxylation sites is 1. The van der Waals surface area contributed by atoms with Crippen molar-refractivity contribution in [2.45, 2.75) is 6.92 Å². The molecular weight excluding hydrogens is 418 g/mol. The first-order valence-electron chi connectivity index (χ1n) is 8.64. The molecule has 7 heteroatoms. The van der Waals surface area contributed by atoms with E-state index >= 15 is 0 Å². The summed E-state index contributed by atoms with van der Waals surface area (Å²) in [5.74, 6) is 0.703. The molecule has 28 heavy (non-hydrogen) atoms. The molecule has 2 N–H and O–H groups in total. The first kappa shape index (κ1) is 19.6. The highest BCUT2D eigenvalue weighted by Gasteiger charge is 2.26. The van der Waals surface area contributed by atoms with E-state index in [4.69, 9.17) is 5.10 Å². The van der Waals surface area contributed by atoms with Crippen molar-refractivity contribution in [1.82, 2.24) is 5.53 Å². The van der Waals surface area contributed by atoms with Gasteiger partial charge in [-0.25, -0.2) is 5.01 Å². The second kappa shape index (κ2) is 8.69. The number of anilines is 3. The fraction of sp³-hybridized carbons (Fsp3) is 0.0476. The molecule has 0 bridgehead atoms. The summed E-state index contributed by atoms with van der Waals surface area (Å²) < 4.78 is 0. The summed E-state index contributed by atoms with van der Waals surface area (Å²) in [7, 11) is 0. The highest BCUT2D eigenvalue weighted by Crippen LogP contribution is 2.24. The summed E-state index contributed by atoms with van der Waals surface area (Å²) in [5, 5.41) is 11.2. The Hall–Kier alpha value is -3.16. The topological polar surface area (TPSA) is 60.0 Å². The number of rotatable bonds is 4. The number of amidine groups is 1. The first-order chi connectivity index (χ1) is 13.2. The zero-order valence-electron chi connectivity index (χ0n) is 15.2. The van der Waals surface area contributed by atoms with Crippen molar-refractivity contribution in [3.8, 4) is 0 Å². The van der Waals surface area contributed by atoms with Crippen molar-refractivity contribution >= 4 is 45.8 Å². The minimum atomic E-state index is -0.0957. The molecule has 4 rings (SSSR count). The lowest BCUT2D eigenvalue weighted by Gasteiger charge is -2.22. The molecule has 0 spiro atoms. The fourth-order valence-electron chi connectivity index (χ4n) is 2.84. The van der Waals surface area contributed by atoms with E-state index in [-0.39, 0.29) is 22.9 Å². The Balaban J connectivity index is 0.00000225. The van der Waals surface area contributed by atoms with Gasteiger partial charge in [-0.1, -0.05) is 48.5 Å². The second-order valence-electron chi connectivity index (χ2n) is 6.10. The lowest BCUT2D eigenvalue weighted by Crippen LogP contribution is -2.43. The van der Waals surface area contributed by atoms with Gasteiger partial charge in [0.05, 0.1) is 11.4 Å². The predicted molar refractivity (Wildman–Crippen MR) is 119 cm³/mol. The third-order valence-corrected chi connectivity index (χ3v) is 4.08. The van der Waals surface area contributed by atoms with Gasteiger partial charge in [0.25, 0.3) is 0 Å². The van der Waals surface area contributed by atoms with E-state index in [9.17, 15) is 4.79 Å². The molecule has 0 aromatic heterocycles. The Labute approximate surface area is 174 Å². The number of hydrazone groups is 1. The van der Waals surface area contributed by atoms with Crippen LogP contribution >= 0.6 is 17.0 Å². The number of hydrogen-bond donors (Lipinski definition) is 2. The standard InChI is InChI=1S/C21H19N5O.BrH/c1-16(27)22-18-12-14-20(15-13-18)26-23-21(17-8-4-2-5-9-17)25(24-26)19-10-6-3-7-11-19;/h2-15,24H,1H3,(H,22,27);1H. The molecule has 0 fully saturated rings. The average Bonchev–Trinajstić information content (AvgIpc) is 3.15. The summed E-state index contributed by atoms with van der Waals surface area (Å²) in [6, 6.07) is 27.5. The van der Waals surface area contributed by atoms with Gasteiger partial charge in [-0.15, -0.1) is 27.6 Å². The van der Waals surface area contributed by atoms with Crippen LogP contribution in [0.1, 0.15) is 12.5 Å². The van der Waals surface area contributed by atoms with Crippen molar-refractivity contribution < 1.29 is 4.79 Å². The van der Waals surface area contributed by atoms with Gasteiger partial charge >= 0.3 is 0 Å². The normalized spacial score (nSPS) is 13.0. The maximum Gasteiger partial charge on any atom is 0.221 e. The van der Waals surface area contributed by atoms with E-state index in [0.29, 0.717) is 0 Å². The maximum atomic E-state index is 11.2. The molecule has 0 saturated carbocycles. The number of amides is 1. The smallest absolute Gasteiger partial charge is 0.221 e. The Bertz CT molecular complexity index is 961. The van der Waals surface area contributed by atoms with Gasteiger partial charge in [-0.2, -0.15) is 5.12 Å². The molecule has 1 amide bonds. The number of nitrogens with one attached hydrogen (secondary N) is 2. The summed E-state index contributed by atoms with van der Waals surface area (Å²) >= 11 is 0.